The number of aryl methyl sites for hydroxylation is 1. The number of nitrogens with zero attached hydrogens (tertiary/aromatic N) is 2. The number of hydrogen-bond acceptors (Lipinski definition) is 3. The van der Waals surface area contributed by atoms with E-state index in [1.807, 2.05) is 0 Å². The first-order valence-electron chi connectivity index (χ1n) is 7.41. The Morgan fingerprint density at radius 1 is 1.42 bits per heavy atom. The van der Waals surface area contributed by atoms with Gasteiger partial charge in [0.15, 0.2) is 0 Å². The topological polar surface area (TPSA) is 50.1 Å². The summed E-state index contributed by atoms with van der Waals surface area (Å²) in [5.41, 5.74) is 3.59. The van der Waals surface area contributed by atoms with Crippen molar-refractivity contribution in [3.05, 3.63) is 17.0 Å². The van der Waals surface area contributed by atoms with Crippen molar-refractivity contribution in [3.63, 3.8) is 0 Å². The van der Waals surface area contributed by atoms with Crippen LogP contribution >= 0.6 is 0 Å². The first-order valence-corrected chi connectivity index (χ1v) is 7.41. The molecular formula is C15H27N3O. The van der Waals surface area contributed by atoms with Gasteiger partial charge in [-0.15, -0.1) is 0 Å². The molecule has 0 aromatic carbocycles. The molecule has 19 heavy (non-hydrogen) atoms. The molecule has 1 aromatic heterocycles. The molecule has 2 unspecified atom stereocenters. The van der Waals surface area contributed by atoms with Gasteiger partial charge in [0.25, 0.3) is 0 Å². The molecule has 2 atom stereocenters. The number of aliphatic hydroxyl groups is 1. The van der Waals surface area contributed by atoms with E-state index in [9.17, 15) is 5.11 Å². The van der Waals surface area contributed by atoms with Crippen molar-refractivity contribution in [3.8, 4) is 0 Å². The maximum absolute atomic E-state index is 9.74. The van der Waals surface area contributed by atoms with E-state index in [1.54, 1.807) is 0 Å². The fourth-order valence-electron chi connectivity index (χ4n) is 3.16. The lowest BCUT2D eigenvalue weighted by Crippen LogP contribution is -2.46. The van der Waals surface area contributed by atoms with E-state index >= 15 is 0 Å². The van der Waals surface area contributed by atoms with Crippen molar-refractivity contribution in [1.29, 1.82) is 0 Å². The third-order valence-corrected chi connectivity index (χ3v) is 4.67. The highest BCUT2D eigenvalue weighted by Gasteiger charge is 2.39. The Morgan fingerprint density at radius 3 is 2.68 bits per heavy atom. The summed E-state index contributed by atoms with van der Waals surface area (Å²) in [7, 11) is 0. The standard InChI is InChI=1S/C15H27N3O/c1-5-8-16-15(10-19)7-6-14(9-15)18-13(4)11(2)12(3)17-18/h14,16,19H,5-10H2,1-4H3. The Kier molecular flexibility index (Phi) is 4.31. The summed E-state index contributed by atoms with van der Waals surface area (Å²) < 4.78 is 2.18. The lowest BCUT2D eigenvalue weighted by atomic mass is 9.98. The van der Waals surface area contributed by atoms with Crippen LogP contribution in [-0.4, -0.2) is 33.6 Å². The monoisotopic (exact) mass is 265 g/mol. The van der Waals surface area contributed by atoms with Gasteiger partial charge in [0.2, 0.25) is 0 Å². The van der Waals surface area contributed by atoms with Crippen molar-refractivity contribution in [2.45, 2.75) is 65.0 Å². The first-order chi connectivity index (χ1) is 9.03. The van der Waals surface area contributed by atoms with Gasteiger partial charge in [-0.1, -0.05) is 6.92 Å². The summed E-state index contributed by atoms with van der Waals surface area (Å²) in [6, 6.07) is 0.420. The molecule has 2 rings (SSSR count). The molecule has 1 aliphatic carbocycles. The van der Waals surface area contributed by atoms with Crippen molar-refractivity contribution >= 4 is 0 Å². The third-order valence-electron chi connectivity index (χ3n) is 4.67. The zero-order chi connectivity index (χ0) is 14.0. The molecule has 0 bridgehead atoms. The van der Waals surface area contributed by atoms with Gasteiger partial charge in [-0.2, -0.15) is 5.10 Å². The number of nitrogens with one attached hydrogen (secondary N) is 1. The molecule has 0 amide bonds. The molecule has 1 aliphatic rings. The zero-order valence-corrected chi connectivity index (χ0v) is 12.7. The van der Waals surface area contributed by atoms with Crippen LogP contribution in [-0.2, 0) is 0 Å². The van der Waals surface area contributed by atoms with E-state index in [4.69, 9.17) is 0 Å². The maximum atomic E-state index is 9.74. The Labute approximate surface area is 116 Å². The second-order valence-electron chi connectivity index (χ2n) is 6.00. The smallest absolute Gasteiger partial charge is 0.0625 e. The SMILES string of the molecule is CCCNC1(CO)CCC(n2nc(C)c(C)c2C)C1. The van der Waals surface area contributed by atoms with Crippen LogP contribution in [0.25, 0.3) is 0 Å². The molecule has 108 valence electrons. The van der Waals surface area contributed by atoms with Crippen LogP contribution in [0.5, 0.6) is 0 Å². The van der Waals surface area contributed by atoms with Crippen LogP contribution in [0, 0.1) is 20.8 Å². The van der Waals surface area contributed by atoms with Gasteiger partial charge in [0, 0.05) is 11.2 Å². The van der Waals surface area contributed by atoms with Crippen LogP contribution in [0.4, 0.5) is 0 Å². The largest absolute Gasteiger partial charge is 0.394 e. The summed E-state index contributed by atoms with van der Waals surface area (Å²) in [6.45, 7) is 9.72. The fourth-order valence-corrected chi connectivity index (χ4v) is 3.16. The number of hydrogen-bond donors (Lipinski definition) is 2. The predicted molar refractivity (Wildman–Crippen MR) is 77.4 cm³/mol. The average molecular weight is 265 g/mol. The zero-order valence-electron chi connectivity index (χ0n) is 12.7. The molecule has 1 heterocycles. The predicted octanol–water partition coefficient (Wildman–Crippen LogP) is 2.26. The van der Waals surface area contributed by atoms with E-state index in [-0.39, 0.29) is 12.1 Å². The normalized spacial score (nSPS) is 27.1. The maximum Gasteiger partial charge on any atom is 0.0625 e. The summed E-state index contributed by atoms with van der Waals surface area (Å²) >= 11 is 0. The molecule has 4 nitrogen and oxygen atoms in total. The second-order valence-corrected chi connectivity index (χ2v) is 6.00. The molecule has 0 radical (unpaired) electrons. The molecule has 0 spiro atoms. The van der Waals surface area contributed by atoms with E-state index in [2.05, 4.69) is 42.8 Å². The highest BCUT2D eigenvalue weighted by Crippen LogP contribution is 2.38. The van der Waals surface area contributed by atoms with Crippen LogP contribution < -0.4 is 5.32 Å². The highest BCUT2D eigenvalue weighted by atomic mass is 16.3. The van der Waals surface area contributed by atoms with Crippen LogP contribution in [0.2, 0.25) is 0 Å². The van der Waals surface area contributed by atoms with E-state index in [1.165, 1.54) is 11.3 Å². The first kappa shape index (κ1) is 14.5. The van der Waals surface area contributed by atoms with Crippen LogP contribution in [0.15, 0.2) is 0 Å². The molecule has 1 aromatic rings. The minimum Gasteiger partial charge on any atom is -0.394 e. The summed E-state index contributed by atoms with van der Waals surface area (Å²) in [4.78, 5) is 0. The van der Waals surface area contributed by atoms with E-state index < -0.39 is 0 Å². The molecule has 1 fully saturated rings. The average Bonchev–Trinajstić information content (AvgIpc) is 2.95. The van der Waals surface area contributed by atoms with Gasteiger partial charge < -0.3 is 10.4 Å². The highest BCUT2D eigenvalue weighted by molar-refractivity contribution is 5.23. The van der Waals surface area contributed by atoms with Crippen molar-refractivity contribution in [1.82, 2.24) is 15.1 Å². The summed E-state index contributed by atoms with van der Waals surface area (Å²) in [6.07, 6.45) is 4.21. The van der Waals surface area contributed by atoms with Gasteiger partial charge in [-0.3, -0.25) is 4.68 Å². The molecule has 2 N–H and O–H groups in total. The van der Waals surface area contributed by atoms with Gasteiger partial charge in [0.05, 0.1) is 18.3 Å². The lowest BCUT2D eigenvalue weighted by molar-refractivity contribution is 0.160. The number of aliphatic hydroxyl groups excluding tert-OH is 1. The van der Waals surface area contributed by atoms with Gasteiger partial charge >= 0.3 is 0 Å². The number of rotatable bonds is 5. The van der Waals surface area contributed by atoms with E-state index in [0.29, 0.717) is 6.04 Å². The molecule has 0 saturated heterocycles. The van der Waals surface area contributed by atoms with Crippen molar-refractivity contribution < 1.29 is 5.11 Å². The Balaban J connectivity index is 2.14. The van der Waals surface area contributed by atoms with Crippen molar-refractivity contribution in [2.24, 2.45) is 0 Å². The summed E-state index contributed by atoms with van der Waals surface area (Å²) in [5.74, 6) is 0. The van der Waals surface area contributed by atoms with Gasteiger partial charge in [0.1, 0.15) is 0 Å². The van der Waals surface area contributed by atoms with Crippen LogP contribution in [0.1, 0.15) is 55.6 Å². The Bertz CT molecular complexity index is 441. The van der Waals surface area contributed by atoms with E-state index in [0.717, 1.165) is 37.9 Å². The Morgan fingerprint density at radius 2 is 2.16 bits per heavy atom. The fraction of sp³-hybridized carbons (Fsp3) is 0.800. The number of aromatic nitrogens is 2. The quantitative estimate of drug-likeness (QED) is 0.858. The van der Waals surface area contributed by atoms with Gasteiger partial charge in [-0.05, 0) is 58.6 Å². The van der Waals surface area contributed by atoms with Crippen molar-refractivity contribution in [2.75, 3.05) is 13.2 Å². The second kappa shape index (κ2) is 5.63. The molecule has 1 saturated carbocycles. The Hall–Kier alpha value is -0.870. The molecule has 0 aliphatic heterocycles. The minimum atomic E-state index is -0.0964. The molecular weight excluding hydrogens is 238 g/mol. The van der Waals surface area contributed by atoms with Crippen LogP contribution in [0.3, 0.4) is 0 Å². The lowest BCUT2D eigenvalue weighted by Gasteiger charge is -2.28. The summed E-state index contributed by atoms with van der Waals surface area (Å²) in [5, 5.41) is 18.0. The van der Waals surface area contributed by atoms with Gasteiger partial charge in [-0.25, -0.2) is 0 Å². The minimum absolute atomic E-state index is 0.0964. The molecule has 4 heteroatoms. The third kappa shape index (κ3) is 2.70.